The Kier molecular flexibility index (Phi) is 5.84. The van der Waals surface area contributed by atoms with E-state index in [1.54, 1.807) is 14.2 Å². The molecule has 0 heterocycles. The number of methoxy groups -OCH3 is 3. The molecular weight excluding hydrogens is 306 g/mol. The maximum absolute atomic E-state index is 12.0. The summed E-state index contributed by atoms with van der Waals surface area (Å²) in [6.45, 7) is 3.89. The van der Waals surface area contributed by atoms with Gasteiger partial charge in [0.1, 0.15) is 11.5 Å². The molecule has 2 rings (SSSR count). The average Bonchev–Trinajstić information content (AvgIpc) is 2.65. The fourth-order valence-corrected chi connectivity index (χ4v) is 2.36. The summed E-state index contributed by atoms with van der Waals surface area (Å²) in [5, 5.41) is 3.30. The van der Waals surface area contributed by atoms with Crippen LogP contribution in [0.5, 0.6) is 11.5 Å². The smallest absolute Gasteiger partial charge is 0.335 e. The molecule has 1 unspecified atom stereocenters. The van der Waals surface area contributed by atoms with E-state index in [4.69, 9.17) is 14.2 Å². The molecule has 1 atom stereocenters. The number of para-hydroxylation sites is 1. The molecule has 0 radical (unpaired) electrons. The first-order valence-corrected chi connectivity index (χ1v) is 7.41. The van der Waals surface area contributed by atoms with E-state index in [2.05, 4.69) is 11.9 Å². The van der Waals surface area contributed by atoms with Gasteiger partial charge in [-0.1, -0.05) is 24.8 Å². The standard InChI is InChI=1S/C19H21NO4/c1-13(19(21)24-4)18(16-7-5-6-8-17(16)23-3)20-14-9-11-15(22-2)12-10-14/h5-12,18,20H,1H2,2-4H3. The molecule has 0 aromatic heterocycles. The molecule has 2 aromatic rings. The lowest BCUT2D eigenvalue weighted by atomic mass is 9.98. The van der Waals surface area contributed by atoms with Gasteiger partial charge in [0.2, 0.25) is 0 Å². The molecule has 0 aliphatic carbocycles. The van der Waals surface area contributed by atoms with Crippen LogP contribution in [-0.4, -0.2) is 27.3 Å². The number of hydrogen-bond acceptors (Lipinski definition) is 5. The van der Waals surface area contributed by atoms with Crippen LogP contribution < -0.4 is 14.8 Å². The van der Waals surface area contributed by atoms with E-state index in [9.17, 15) is 4.79 Å². The SMILES string of the molecule is C=C(C(=O)OC)C(Nc1ccc(OC)cc1)c1ccccc1OC. The fraction of sp³-hybridized carbons (Fsp3) is 0.211. The molecule has 0 saturated heterocycles. The van der Waals surface area contributed by atoms with Crippen molar-refractivity contribution in [3.05, 3.63) is 66.2 Å². The normalized spacial score (nSPS) is 11.3. The summed E-state index contributed by atoms with van der Waals surface area (Å²) in [6.07, 6.45) is 0. The Bertz CT molecular complexity index is 710. The van der Waals surface area contributed by atoms with Crippen LogP contribution in [-0.2, 0) is 9.53 Å². The third kappa shape index (κ3) is 3.87. The molecule has 0 bridgehead atoms. The predicted octanol–water partition coefficient (Wildman–Crippen LogP) is 3.59. The van der Waals surface area contributed by atoms with Gasteiger partial charge in [-0.25, -0.2) is 4.79 Å². The Hall–Kier alpha value is -2.95. The zero-order valence-corrected chi connectivity index (χ0v) is 14.0. The van der Waals surface area contributed by atoms with Gasteiger partial charge in [0.25, 0.3) is 0 Å². The van der Waals surface area contributed by atoms with E-state index in [0.29, 0.717) is 5.75 Å². The van der Waals surface area contributed by atoms with Gasteiger partial charge in [0, 0.05) is 11.3 Å². The fourth-order valence-electron chi connectivity index (χ4n) is 2.36. The monoisotopic (exact) mass is 327 g/mol. The second-order valence-corrected chi connectivity index (χ2v) is 5.06. The Morgan fingerprint density at radius 2 is 1.67 bits per heavy atom. The molecule has 0 aliphatic heterocycles. The number of ether oxygens (including phenoxy) is 3. The van der Waals surface area contributed by atoms with E-state index in [1.807, 2.05) is 48.5 Å². The Balaban J connectivity index is 2.38. The largest absolute Gasteiger partial charge is 0.497 e. The summed E-state index contributed by atoms with van der Waals surface area (Å²) < 4.78 is 15.4. The van der Waals surface area contributed by atoms with Crippen molar-refractivity contribution in [1.82, 2.24) is 0 Å². The van der Waals surface area contributed by atoms with Crippen LogP contribution in [0.1, 0.15) is 11.6 Å². The molecule has 2 aromatic carbocycles. The minimum absolute atomic E-state index is 0.290. The van der Waals surface area contributed by atoms with Crippen molar-refractivity contribution in [3.8, 4) is 11.5 Å². The van der Waals surface area contributed by atoms with Gasteiger partial charge >= 0.3 is 5.97 Å². The lowest BCUT2D eigenvalue weighted by molar-refractivity contribution is -0.136. The number of carbonyl (C=O) groups is 1. The van der Waals surface area contributed by atoms with E-state index in [1.165, 1.54) is 7.11 Å². The second-order valence-electron chi connectivity index (χ2n) is 5.06. The van der Waals surface area contributed by atoms with Gasteiger partial charge in [-0.15, -0.1) is 0 Å². The second kappa shape index (κ2) is 8.06. The minimum Gasteiger partial charge on any atom is -0.497 e. The van der Waals surface area contributed by atoms with Gasteiger partial charge in [-0.2, -0.15) is 0 Å². The van der Waals surface area contributed by atoms with E-state index in [0.717, 1.165) is 17.0 Å². The maximum Gasteiger partial charge on any atom is 0.335 e. The first-order chi connectivity index (χ1) is 11.6. The van der Waals surface area contributed by atoms with Crippen molar-refractivity contribution >= 4 is 11.7 Å². The quantitative estimate of drug-likeness (QED) is 0.622. The van der Waals surface area contributed by atoms with Crippen LogP contribution in [0.2, 0.25) is 0 Å². The highest BCUT2D eigenvalue weighted by atomic mass is 16.5. The van der Waals surface area contributed by atoms with Gasteiger partial charge < -0.3 is 19.5 Å². The highest BCUT2D eigenvalue weighted by Gasteiger charge is 2.24. The van der Waals surface area contributed by atoms with Gasteiger partial charge in [0.05, 0.1) is 32.9 Å². The van der Waals surface area contributed by atoms with Crippen LogP contribution in [0.3, 0.4) is 0 Å². The van der Waals surface area contributed by atoms with Crippen LogP contribution in [0.4, 0.5) is 5.69 Å². The van der Waals surface area contributed by atoms with Crippen molar-refractivity contribution in [3.63, 3.8) is 0 Å². The van der Waals surface area contributed by atoms with Crippen LogP contribution >= 0.6 is 0 Å². The zero-order valence-electron chi connectivity index (χ0n) is 14.0. The first-order valence-electron chi connectivity index (χ1n) is 7.41. The molecular formula is C19H21NO4. The molecule has 126 valence electrons. The Morgan fingerprint density at radius 1 is 1.00 bits per heavy atom. The van der Waals surface area contributed by atoms with E-state index in [-0.39, 0.29) is 5.57 Å². The molecule has 0 amide bonds. The average molecular weight is 327 g/mol. The van der Waals surface area contributed by atoms with Crippen molar-refractivity contribution in [1.29, 1.82) is 0 Å². The van der Waals surface area contributed by atoms with Crippen LogP contribution in [0.15, 0.2) is 60.7 Å². The molecule has 0 saturated carbocycles. The molecule has 5 nitrogen and oxygen atoms in total. The van der Waals surface area contributed by atoms with E-state index >= 15 is 0 Å². The molecule has 1 N–H and O–H groups in total. The lowest BCUT2D eigenvalue weighted by Crippen LogP contribution is -2.20. The number of nitrogens with one attached hydrogen (secondary N) is 1. The summed E-state index contributed by atoms with van der Waals surface area (Å²) in [7, 11) is 4.53. The summed E-state index contributed by atoms with van der Waals surface area (Å²) in [5.41, 5.74) is 1.90. The molecule has 0 fully saturated rings. The van der Waals surface area contributed by atoms with Crippen LogP contribution in [0, 0.1) is 0 Å². The molecule has 0 aliphatic rings. The number of benzene rings is 2. The first kappa shape index (κ1) is 17.4. The number of rotatable bonds is 7. The maximum atomic E-state index is 12.0. The molecule has 5 heteroatoms. The summed E-state index contributed by atoms with van der Waals surface area (Å²) in [6, 6.07) is 14.4. The van der Waals surface area contributed by atoms with Gasteiger partial charge in [-0.05, 0) is 30.3 Å². The Labute approximate surface area is 141 Å². The van der Waals surface area contributed by atoms with Gasteiger partial charge in [-0.3, -0.25) is 0 Å². The molecule has 0 spiro atoms. The summed E-state index contributed by atoms with van der Waals surface area (Å²) in [5.74, 6) is 0.932. The van der Waals surface area contributed by atoms with Crippen molar-refractivity contribution in [2.45, 2.75) is 6.04 Å². The van der Waals surface area contributed by atoms with E-state index < -0.39 is 12.0 Å². The zero-order chi connectivity index (χ0) is 17.5. The highest BCUT2D eigenvalue weighted by molar-refractivity contribution is 5.90. The van der Waals surface area contributed by atoms with Gasteiger partial charge in [0.15, 0.2) is 0 Å². The third-order valence-electron chi connectivity index (χ3n) is 3.65. The Morgan fingerprint density at radius 3 is 2.25 bits per heavy atom. The number of hydrogen-bond donors (Lipinski definition) is 1. The lowest BCUT2D eigenvalue weighted by Gasteiger charge is -2.23. The minimum atomic E-state index is -0.484. The summed E-state index contributed by atoms with van der Waals surface area (Å²) >= 11 is 0. The van der Waals surface area contributed by atoms with Crippen molar-refractivity contribution in [2.24, 2.45) is 0 Å². The van der Waals surface area contributed by atoms with Crippen LogP contribution in [0.25, 0.3) is 0 Å². The number of anilines is 1. The van der Waals surface area contributed by atoms with Crippen molar-refractivity contribution < 1.29 is 19.0 Å². The number of carbonyl (C=O) groups excluding carboxylic acids is 1. The molecule has 24 heavy (non-hydrogen) atoms. The topological polar surface area (TPSA) is 56.8 Å². The van der Waals surface area contributed by atoms with Crippen molar-refractivity contribution in [2.75, 3.05) is 26.6 Å². The predicted molar refractivity (Wildman–Crippen MR) is 93.5 cm³/mol. The number of esters is 1. The highest BCUT2D eigenvalue weighted by Crippen LogP contribution is 2.33. The summed E-state index contributed by atoms with van der Waals surface area (Å²) in [4.78, 5) is 12.0. The third-order valence-corrected chi connectivity index (χ3v) is 3.65.